The summed E-state index contributed by atoms with van der Waals surface area (Å²) < 4.78 is 90.8. The number of rotatable bonds is 8. The second kappa shape index (κ2) is 10.1. The molecule has 182 valence electrons. The van der Waals surface area contributed by atoms with Crippen LogP contribution in [0.4, 0.5) is 17.6 Å². The van der Waals surface area contributed by atoms with E-state index in [2.05, 4.69) is 4.98 Å². The number of aromatic nitrogens is 1. The number of nitrogens with zero attached hydrogens (tertiary/aromatic N) is 2. The van der Waals surface area contributed by atoms with Gasteiger partial charge in [-0.15, -0.1) is 0 Å². The molecule has 2 rings (SSSR count). The van der Waals surface area contributed by atoms with Crippen LogP contribution >= 0.6 is 11.6 Å². The zero-order chi connectivity index (χ0) is 25.1. The molecule has 0 aliphatic rings. The molecule has 0 saturated heterocycles. The SMILES string of the molecule is CC(C)COc1ncc(Oc2cc(F)c(C(=O)NS(=O)(=O)N(C)C)cc2Cl)cc1C(F)(F)F. The van der Waals surface area contributed by atoms with Crippen molar-refractivity contribution in [2.75, 3.05) is 20.7 Å². The molecule has 0 unspecified atom stereocenters. The van der Waals surface area contributed by atoms with E-state index < -0.39 is 56.6 Å². The lowest BCUT2D eigenvalue weighted by atomic mass is 10.2. The van der Waals surface area contributed by atoms with E-state index in [1.54, 1.807) is 18.6 Å². The molecule has 33 heavy (non-hydrogen) atoms. The Morgan fingerprint density at radius 3 is 2.42 bits per heavy atom. The number of hydrogen-bond acceptors (Lipinski definition) is 6. The molecule has 2 aromatic rings. The lowest BCUT2D eigenvalue weighted by Crippen LogP contribution is -2.39. The number of ether oxygens (including phenoxy) is 2. The third-order valence-electron chi connectivity index (χ3n) is 3.88. The summed E-state index contributed by atoms with van der Waals surface area (Å²) in [5, 5.41) is -0.363. The van der Waals surface area contributed by atoms with Crippen LogP contribution < -0.4 is 14.2 Å². The van der Waals surface area contributed by atoms with Gasteiger partial charge in [-0.05, 0) is 12.0 Å². The number of hydrogen-bond donors (Lipinski definition) is 1. The predicted octanol–water partition coefficient (Wildman–Crippen LogP) is 4.26. The smallest absolute Gasteiger partial charge is 0.421 e. The first-order valence-corrected chi connectivity index (χ1v) is 11.0. The average molecular weight is 514 g/mol. The third-order valence-corrected chi connectivity index (χ3v) is 5.58. The highest BCUT2D eigenvalue weighted by Gasteiger charge is 2.36. The molecule has 0 bridgehead atoms. The highest BCUT2D eigenvalue weighted by Crippen LogP contribution is 2.39. The van der Waals surface area contributed by atoms with Crippen molar-refractivity contribution in [3.63, 3.8) is 0 Å². The monoisotopic (exact) mass is 513 g/mol. The van der Waals surface area contributed by atoms with Gasteiger partial charge in [0.05, 0.1) is 23.4 Å². The van der Waals surface area contributed by atoms with Gasteiger partial charge >= 0.3 is 16.4 Å². The zero-order valence-corrected chi connectivity index (χ0v) is 19.4. The summed E-state index contributed by atoms with van der Waals surface area (Å²) in [6.07, 6.45) is -3.88. The van der Waals surface area contributed by atoms with Crippen molar-refractivity contribution < 1.29 is 40.2 Å². The van der Waals surface area contributed by atoms with Crippen molar-refractivity contribution in [2.45, 2.75) is 20.0 Å². The lowest BCUT2D eigenvalue weighted by molar-refractivity contribution is -0.139. The Hall–Kier alpha value is -2.64. The van der Waals surface area contributed by atoms with Gasteiger partial charge < -0.3 is 9.47 Å². The summed E-state index contributed by atoms with van der Waals surface area (Å²) >= 11 is 5.98. The predicted molar refractivity (Wildman–Crippen MR) is 111 cm³/mol. The van der Waals surface area contributed by atoms with E-state index in [4.69, 9.17) is 21.1 Å². The van der Waals surface area contributed by atoms with Gasteiger partial charge in [-0.1, -0.05) is 25.4 Å². The van der Waals surface area contributed by atoms with E-state index in [1.807, 2.05) is 0 Å². The second-order valence-corrected chi connectivity index (χ2v) is 9.60. The molecule has 0 aliphatic heterocycles. The molecule has 1 aromatic carbocycles. The Kier molecular flexibility index (Phi) is 8.14. The summed E-state index contributed by atoms with van der Waals surface area (Å²) in [7, 11) is -1.90. The molecule has 1 heterocycles. The summed E-state index contributed by atoms with van der Waals surface area (Å²) in [6, 6.07) is 2.03. The van der Waals surface area contributed by atoms with E-state index in [0.29, 0.717) is 16.4 Å². The maximum atomic E-state index is 14.4. The highest BCUT2D eigenvalue weighted by molar-refractivity contribution is 7.87. The summed E-state index contributed by atoms with van der Waals surface area (Å²) in [5.74, 6) is -4.06. The zero-order valence-electron chi connectivity index (χ0n) is 17.8. The molecule has 14 heteroatoms. The third kappa shape index (κ3) is 6.92. The lowest BCUT2D eigenvalue weighted by Gasteiger charge is -2.16. The fourth-order valence-corrected chi connectivity index (χ4v) is 2.95. The van der Waals surface area contributed by atoms with Crippen LogP contribution in [0.25, 0.3) is 0 Å². The molecule has 1 N–H and O–H groups in total. The molecule has 0 fully saturated rings. The van der Waals surface area contributed by atoms with Crippen LogP contribution in [0.5, 0.6) is 17.4 Å². The number of alkyl halides is 3. The molecule has 0 aliphatic carbocycles. The van der Waals surface area contributed by atoms with Crippen LogP contribution in [-0.4, -0.2) is 44.3 Å². The van der Waals surface area contributed by atoms with Crippen LogP contribution in [0, 0.1) is 11.7 Å². The molecule has 1 aromatic heterocycles. The van der Waals surface area contributed by atoms with E-state index in [-0.39, 0.29) is 17.5 Å². The van der Waals surface area contributed by atoms with Crippen molar-refractivity contribution >= 4 is 27.7 Å². The van der Waals surface area contributed by atoms with Crippen molar-refractivity contribution in [3.05, 3.63) is 46.4 Å². The Morgan fingerprint density at radius 2 is 1.88 bits per heavy atom. The van der Waals surface area contributed by atoms with Gasteiger partial charge in [-0.25, -0.2) is 14.1 Å². The van der Waals surface area contributed by atoms with Crippen LogP contribution in [0.2, 0.25) is 5.02 Å². The Labute approximate surface area is 192 Å². The van der Waals surface area contributed by atoms with Gasteiger partial charge in [0.2, 0.25) is 5.88 Å². The summed E-state index contributed by atoms with van der Waals surface area (Å²) in [6.45, 7) is 3.50. The fourth-order valence-electron chi connectivity index (χ4n) is 2.22. The Bertz CT molecular complexity index is 1140. The van der Waals surface area contributed by atoms with Gasteiger partial charge in [-0.2, -0.15) is 25.9 Å². The molecule has 0 radical (unpaired) electrons. The van der Waals surface area contributed by atoms with E-state index in [0.717, 1.165) is 26.4 Å². The van der Waals surface area contributed by atoms with E-state index in [9.17, 15) is 30.8 Å². The minimum atomic E-state index is -4.81. The van der Waals surface area contributed by atoms with E-state index >= 15 is 0 Å². The number of nitrogens with one attached hydrogen (secondary N) is 1. The van der Waals surface area contributed by atoms with Gasteiger partial charge in [0.15, 0.2) is 0 Å². The highest BCUT2D eigenvalue weighted by atomic mass is 35.5. The van der Waals surface area contributed by atoms with Gasteiger partial charge in [0.1, 0.15) is 22.9 Å². The largest absolute Gasteiger partial charge is 0.477 e. The minimum Gasteiger partial charge on any atom is -0.477 e. The first-order chi connectivity index (χ1) is 15.1. The Balaban J connectivity index is 2.34. The first kappa shape index (κ1) is 26.6. The fraction of sp³-hybridized carbons (Fsp3) is 0.368. The second-order valence-electron chi connectivity index (χ2n) is 7.31. The molecule has 0 saturated carbocycles. The number of carbonyl (C=O) groups excluding carboxylic acids is 1. The van der Waals surface area contributed by atoms with Gasteiger partial charge in [0, 0.05) is 26.2 Å². The number of halogens is 5. The van der Waals surface area contributed by atoms with Crippen molar-refractivity contribution in [2.24, 2.45) is 5.92 Å². The molecule has 1 amide bonds. The molecule has 8 nitrogen and oxygen atoms in total. The topological polar surface area (TPSA) is 97.8 Å². The maximum Gasteiger partial charge on any atom is 0.421 e. The number of benzene rings is 1. The van der Waals surface area contributed by atoms with Crippen LogP contribution in [0.15, 0.2) is 24.4 Å². The van der Waals surface area contributed by atoms with Crippen LogP contribution in [0.1, 0.15) is 29.8 Å². The number of pyridine rings is 1. The summed E-state index contributed by atoms with van der Waals surface area (Å²) in [4.78, 5) is 15.7. The van der Waals surface area contributed by atoms with Crippen molar-refractivity contribution in [1.29, 1.82) is 0 Å². The maximum absolute atomic E-state index is 14.4. The Morgan fingerprint density at radius 1 is 1.24 bits per heavy atom. The first-order valence-electron chi connectivity index (χ1n) is 9.23. The van der Waals surface area contributed by atoms with Gasteiger partial charge in [0.25, 0.3) is 5.91 Å². The van der Waals surface area contributed by atoms with Crippen molar-refractivity contribution in [3.8, 4) is 17.4 Å². The quantitative estimate of drug-likeness (QED) is 0.530. The number of amides is 1. The average Bonchev–Trinajstić information content (AvgIpc) is 2.68. The normalized spacial score (nSPS) is 12.2. The molecular formula is C19H20ClF4N3O5S. The van der Waals surface area contributed by atoms with Crippen LogP contribution in [0.3, 0.4) is 0 Å². The molecule has 0 atom stereocenters. The van der Waals surface area contributed by atoms with Crippen molar-refractivity contribution in [1.82, 2.24) is 14.0 Å². The van der Waals surface area contributed by atoms with Crippen LogP contribution in [-0.2, 0) is 16.4 Å². The number of carbonyl (C=O) groups is 1. The minimum absolute atomic E-state index is 0.000389. The summed E-state index contributed by atoms with van der Waals surface area (Å²) in [5.41, 5.74) is -1.92. The van der Waals surface area contributed by atoms with Gasteiger partial charge in [-0.3, -0.25) is 4.79 Å². The standard InChI is InChI=1S/C19H20ClF4N3O5S/c1-10(2)9-31-18-13(19(22,23)24)5-11(8-25-18)32-16-7-15(21)12(6-14(16)20)17(28)26-33(29,30)27(3)4/h5-8,10H,9H2,1-4H3,(H,26,28). The molecular weight excluding hydrogens is 494 g/mol. The van der Waals surface area contributed by atoms with E-state index in [1.165, 1.54) is 0 Å². The molecule has 0 spiro atoms.